The maximum atomic E-state index is 12.3. The van der Waals surface area contributed by atoms with E-state index in [2.05, 4.69) is 0 Å². The van der Waals surface area contributed by atoms with E-state index in [4.69, 9.17) is 9.84 Å². The number of benzene rings is 2. The summed E-state index contributed by atoms with van der Waals surface area (Å²) in [7, 11) is 0. The van der Waals surface area contributed by atoms with Crippen LogP contribution < -0.4 is 4.74 Å². The lowest BCUT2D eigenvalue weighted by Crippen LogP contribution is -2.09. The van der Waals surface area contributed by atoms with E-state index in [0.29, 0.717) is 16.9 Å². The zero-order chi connectivity index (χ0) is 14.5. The Morgan fingerprint density at radius 2 is 1.70 bits per heavy atom. The van der Waals surface area contributed by atoms with Gasteiger partial charge in [0.2, 0.25) is 0 Å². The van der Waals surface area contributed by atoms with Gasteiger partial charge in [0.05, 0.1) is 0 Å². The molecule has 4 nitrogen and oxygen atoms in total. The van der Waals surface area contributed by atoms with Crippen molar-refractivity contribution in [3.63, 3.8) is 0 Å². The molecule has 1 N–H and O–H groups in total. The van der Waals surface area contributed by atoms with Crippen LogP contribution in [0.2, 0.25) is 0 Å². The molecule has 0 radical (unpaired) electrons. The van der Waals surface area contributed by atoms with Crippen molar-refractivity contribution in [1.29, 1.82) is 0 Å². The second-order valence-electron chi connectivity index (χ2n) is 4.35. The van der Waals surface area contributed by atoms with Gasteiger partial charge in [0, 0.05) is 11.1 Å². The summed E-state index contributed by atoms with van der Waals surface area (Å²) in [4.78, 5) is 22.7. The number of hydrogen-bond acceptors (Lipinski definition) is 3. The van der Waals surface area contributed by atoms with Crippen LogP contribution in [0, 0.1) is 6.92 Å². The topological polar surface area (TPSA) is 63.6 Å². The van der Waals surface area contributed by atoms with E-state index in [1.807, 2.05) is 25.1 Å². The smallest absolute Gasteiger partial charge is 0.341 e. The molecule has 2 aromatic carbocycles. The minimum Gasteiger partial charge on any atom is -0.482 e. The number of carboxylic acids is 1. The van der Waals surface area contributed by atoms with Crippen LogP contribution in [-0.4, -0.2) is 23.5 Å². The highest BCUT2D eigenvalue weighted by molar-refractivity contribution is 6.09. The van der Waals surface area contributed by atoms with Crippen molar-refractivity contribution in [2.75, 3.05) is 6.61 Å². The predicted molar refractivity (Wildman–Crippen MR) is 74.2 cm³/mol. The molecule has 0 spiro atoms. The fraction of sp³-hybridized carbons (Fsp3) is 0.125. The summed E-state index contributed by atoms with van der Waals surface area (Å²) in [6, 6.07) is 13.8. The van der Waals surface area contributed by atoms with E-state index in [1.165, 1.54) is 0 Å². The summed E-state index contributed by atoms with van der Waals surface area (Å²) in [5.74, 6) is -0.674. The highest BCUT2D eigenvalue weighted by Crippen LogP contribution is 2.17. The van der Waals surface area contributed by atoms with Gasteiger partial charge in [-0.1, -0.05) is 24.3 Å². The molecule has 0 saturated heterocycles. The lowest BCUT2D eigenvalue weighted by Gasteiger charge is -2.06. The number of rotatable bonds is 5. The summed E-state index contributed by atoms with van der Waals surface area (Å²) in [6.45, 7) is 1.49. The molecule has 0 saturated carbocycles. The van der Waals surface area contributed by atoms with Gasteiger partial charge in [-0.15, -0.1) is 0 Å². The SMILES string of the molecule is Cc1ccccc1C(=O)c1ccc(OCC(=O)O)cc1. The maximum Gasteiger partial charge on any atom is 0.341 e. The van der Waals surface area contributed by atoms with Crippen molar-refractivity contribution < 1.29 is 19.4 Å². The molecule has 0 atom stereocenters. The molecule has 0 bridgehead atoms. The molecule has 0 aliphatic carbocycles. The van der Waals surface area contributed by atoms with Gasteiger partial charge < -0.3 is 9.84 Å². The fourth-order valence-corrected chi connectivity index (χ4v) is 1.83. The number of ketones is 1. The first-order chi connectivity index (χ1) is 9.58. The number of hydrogen-bond donors (Lipinski definition) is 1. The second kappa shape index (κ2) is 6.02. The molecule has 0 unspecified atom stereocenters. The van der Waals surface area contributed by atoms with Gasteiger partial charge in [-0.3, -0.25) is 4.79 Å². The molecule has 4 heteroatoms. The molecule has 102 valence electrons. The molecule has 2 rings (SSSR count). The van der Waals surface area contributed by atoms with Crippen molar-refractivity contribution in [2.24, 2.45) is 0 Å². The first kappa shape index (κ1) is 13.8. The summed E-state index contributed by atoms with van der Waals surface area (Å²) < 4.78 is 5.02. The third-order valence-corrected chi connectivity index (χ3v) is 2.87. The standard InChI is InChI=1S/C16H14O4/c1-11-4-2-3-5-14(11)16(19)12-6-8-13(9-7-12)20-10-15(17)18/h2-9H,10H2,1H3,(H,17,18). The molecular formula is C16H14O4. The number of carboxylic acid groups (broad SMARTS) is 1. The van der Waals surface area contributed by atoms with E-state index in [9.17, 15) is 9.59 Å². The average Bonchev–Trinajstić information content (AvgIpc) is 2.45. The van der Waals surface area contributed by atoms with Crippen LogP contribution >= 0.6 is 0 Å². The molecule has 2 aromatic rings. The van der Waals surface area contributed by atoms with Gasteiger partial charge >= 0.3 is 5.97 Å². The molecule has 0 aromatic heterocycles. The van der Waals surface area contributed by atoms with Gasteiger partial charge in [0.15, 0.2) is 12.4 Å². The Balaban J connectivity index is 2.16. The number of aliphatic carboxylic acids is 1. The molecule has 0 fully saturated rings. The number of aryl methyl sites for hydroxylation is 1. The van der Waals surface area contributed by atoms with Crippen molar-refractivity contribution in [3.8, 4) is 5.75 Å². The zero-order valence-electron chi connectivity index (χ0n) is 11.0. The first-order valence-corrected chi connectivity index (χ1v) is 6.13. The Bertz CT molecular complexity index is 629. The molecular weight excluding hydrogens is 256 g/mol. The lowest BCUT2D eigenvalue weighted by atomic mass is 9.99. The monoisotopic (exact) mass is 270 g/mol. The molecule has 0 aliphatic heterocycles. The van der Waals surface area contributed by atoms with Crippen molar-refractivity contribution in [3.05, 3.63) is 65.2 Å². The van der Waals surface area contributed by atoms with Crippen molar-refractivity contribution in [1.82, 2.24) is 0 Å². The van der Waals surface area contributed by atoms with Crippen LogP contribution in [0.25, 0.3) is 0 Å². The van der Waals surface area contributed by atoms with Crippen LogP contribution in [0.15, 0.2) is 48.5 Å². The quantitative estimate of drug-likeness (QED) is 0.848. The van der Waals surface area contributed by atoms with Gasteiger partial charge in [-0.2, -0.15) is 0 Å². The normalized spacial score (nSPS) is 10.1. The second-order valence-corrected chi connectivity index (χ2v) is 4.35. The largest absolute Gasteiger partial charge is 0.482 e. The van der Waals surface area contributed by atoms with Gasteiger partial charge in [0.25, 0.3) is 0 Å². The summed E-state index contributed by atoms with van der Waals surface area (Å²) >= 11 is 0. The first-order valence-electron chi connectivity index (χ1n) is 6.13. The number of ether oxygens (including phenoxy) is 1. The molecule has 0 aliphatic rings. The highest BCUT2D eigenvalue weighted by Gasteiger charge is 2.11. The van der Waals surface area contributed by atoms with Crippen LogP contribution in [0.5, 0.6) is 5.75 Å². The average molecular weight is 270 g/mol. The Kier molecular flexibility index (Phi) is 4.15. The summed E-state index contributed by atoms with van der Waals surface area (Å²) in [5.41, 5.74) is 2.12. The maximum absolute atomic E-state index is 12.3. The molecule has 0 amide bonds. The van der Waals surface area contributed by atoms with E-state index < -0.39 is 12.6 Å². The van der Waals surface area contributed by atoms with E-state index in [-0.39, 0.29) is 5.78 Å². The van der Waals surface area contributed by atoms with E-state index in [0.717, 1.165) is 5.56 Å². The van der Waals surface area contributed by atoms with Crippen molar-refractivity contribution in [2.45, 2.75) is 6.92 Å². The summed E-state index contributed by atoms with van der Waals surface area (Å²) in [6.07, 6.45) is 0. The number of carbonyl (C=O) groups excluding carboxylic acids is 1. The third kappa shape index (κ3) is 3.23. The highest BCUT2D eigenvalue weighted by atomic mass is 16.5. The Morgan fingerprint density at radius 3 is 2.30 bits per heavy atom. The Morgan fingerprint density at radius 1 is 1.05 bits per heavy atom. The fourth-order valence-electron chi connectivity index (χ4n) is 1.83. The van der Waals surface area contributed by atoms with E-state index in [1.54, 1.807) is 30.3 Å². The lowest BCUT2D eigenvalue weighted by molar-refractivity contribution is -0.139. The Hall–Kier alpha value is -2.62. The Labute approximate surface area is 116 Å². The van der Waals surface area contributed by atoms with Gasteiger partial charge in [0.1, 0.15) is 5.75 Å². The van der Waals surface area contributed by atoms with Gasteiger partial charge in [-0.25, -0.2) is 4.79 Å². The van der Waals surface area contributed by atoms with Gasteiger partial charge in [-0.05, 0) is 36.8 Å². The van der Waals surface area contributed by atoms with Crippen LogP contribution in [0.3, 0.4) is 0 Å². The third-order valence-electron chi connectivity index (χ3n) is 2.87. The van der Waals surface area contributed by atoms with Crippen LogP contribution in [0.4, 0.5) is 0 Å². The number of carbonyl (C=O) groups is 2. The molecule has 0 heterocycles. The predicted octanol–water partition coefficient (Wildman–Crippen LogP) is 2.69. The summed E-state index contributed by atoms with van der Waals surface area (Å²) in [5, 5.41) is 8.52. The van der Waals surface area contributed by atoms with E-state index >= 15 is 0 Å². The molecule has 20 heavy (non-hydrogen) atoms. The minimum atomic E-state index is -1.04. The van der Waals surface area contributed by atoms with Crippen LogP contribution in [0.1, 0.15) is 21.5 Å². The minimum absolute atomic E-state index is 0.0621. The zero-order valence-corrected chi connectivity index (χ0v) is 11.0. The van der Waals surface area contributed by atoms with Crippen LogP contribution in [-0.2, 0) is 4.79 Å². The van der Waals surface area contributed by atoms with Crippen molar-refractivity contribution >= 4 is 11.8 Å².